The van der Waals surface area contributed by atoms with E-state index in [4.69, 9.17) is 21.1 Å². The normalized spacial score (nSPS) is 28.3. The number of halogens is 1. The summed E-state index contributed by atoms with van der Waals surface area (Å²) in [5.41, 5.74) is 1.91. The predicted molar refractivity (Wildman–Crippen MR) is 134 cm³/mol. The first kappa shape index (κ1) is 21.3. The Balaban J connectivity index is 1.47. The van der Waals surface area contributed by atoms with Crippen molar-refractivity contribution in [1.29, 1.82) is 0 Å². The van der Waals surface area contributed by atoms with Crippen LogP contribution in [0.25, 0.3) is 0 Å². The fraction of sp³-hybridized carbons (Fsp3) is 0.259. The van der Waals surface area contributed by atoms with Crippen molar-refractivity contribution in [3.63, 3.8) is 0 Å². The number of carbonyl (C=O) groups excluding carboxylic acids is 2. The van der Waals surface area contributed by atoms with Crippen LogP contribution in [0, 0.1) is 5.92 Å². The van der Waals surface area contributed by atoms with E-state index in [1.807, 2.05) is 30.3 Å². The lowest BCUT2D eigenvalue weighted by Crippen LogP contribution is -2.52. The lowest BCUT2D eigenvalue weighted by atomic mass is 9.69. The van der Waals surface area contributed by atoms with Crippen LogP contribution in [-0.4, -0.2) is 41.1 Å². The van der Waals surface area contributed by atoms with Gasteiger partial charge in [-0.05, 0) is 42.0 Å². The molecule has 6 nitrogen and oxygen atoms in total. The largest absolute Gasteiger partial charge is 0.454 e. The number of ether oxygens (including phenoxy) is 2. The molecule has 35 heavy (non-hydrogen) atoms. The first-order valence-corrected chi connectivity index (χ1v) is 13.1. The monoisotopic (exact) mass is 504 g/mol. The number of Topliss-reactive ketones (excluding diaryl/α,β-unsaturated/α-hetero) is 1. The Labute approximate surface area is 211 Å². The Morgan fingerprint density at radius 3 is 2.74 bits per heavy atom. The van der Waals surface area contributed by atoms with Gasteiger partial charge in [-0.3, -0.25) is 14.5 Å². The summed E-state index contributed by atoms with van der Waals surface area (Å²) in [7, 11) is 0. The molecule has 0 aromatic heterocycles. The molecule has 2 fully saturated rings. The summed E-state index contributed by atoms with van der Waals surface area (Å²) in [4.78, 5) is 30.8. The number of benzene rings is 3. The van der Waals surface area contributed by atoms with Crippen molar-refractivity contribution in [2.75, 3.05) is 23.7 Å². The van der Waals surface area contributed by atoms with Crippen LogP contribution in [-0.2, 0) is 10.3 Å². The average molecular weight is 505 g/mol. The molecule has 2 saturated heterocycles. The zero-order valence-corrected chi connectivity index (χ0v) is 20.1. The summed E-state index contributed by atoms with van der Waals surface area (Å²) in [6.45, 7) is 0.133. The van der Waals surface area contributed by atoms with E-state index in [1.165, 1.54) is 0 Å². The smallest absolute Gasteiger partial charge is 0.250 e. The second kappa shape index (κ2) is 7.75. The number of fused-ring (bicyclic) bond motifs is 5. The summed E-state index contributed by atoms with van der Waals surface area (Å²) in [6, 6.07) is 20.9. The number of nitrogens with zero attached hydrogens (tertiary/aromatic N) is 1. The number of hydrogen-bond donors (Lipinski definition) is 1. The average Bonchev–Trinajstić information content (AvgIpc) is 3.63. The van der Waals surface area contributed by atoms with Crippen LogP contribution in [0.4, 0.5) is 5.69 Å². The summed E-state index contributed by atoms with van der Waals surface area (Å²) in [5.74, 6) is 1.62. The fourth-order valence-electron chi connectivity index (χ4n) is 6.33. The minimum atomic E-state index is -1.15. The minimum Gasteiger partial charge on any atom is -0.454 e. The van der Waals surface area contributed by atoms with Gasteiger partial charge in [-0.25, -0.2) is 0 Å². The maximum Gasteiger partial charge on any atom is 0.250 e. The van der Waals surface area contributed by atoms with Gasteiger partial charge in [0.2, 0.25) is 12.7 Å². The predicted octanol–water partition coefficient (Wildman–Crippen LogP) is 4.89. The van der Waals surface area contributed by atoms with Crippen LogP contribution < -0.4 is 14.8 Å². The zero-order valence-electron chi connectivity index (χ0n) is 18.6. The number of hydrogen-bond acceptors (Lipinski definition) is 6. The fourth-order valence-corrected chi connectivity index (χ4v) is 7.82. The van der Waals surface area contributed by atoms with Crippen LogP contribution in [0.15, 0.2) is 66.7 Å². The van der Waals surface area contributed by atoms with E-state index >= 15 is 0 Å². The molecule has 1 amide bonds. The first-order chi connectivity index (χ1) is 17.1. The number of rotatable bonds is 3. The second-order valence-electron chi connectivity index (χ2n) is 9.29. The topological polar surface area (TPSA) is 67.9 Å². The second-order valence-corrected chi connectivity index (χ2v) is 10.7. The minimum absolute atomic E-state index is 0.0287. The molecule has 4 aliphatic rings. The van der Waals surface area contributed by atoms with Gasteiger partial charge in [-0.1, -0.05) is 41.9 Å². The zero-order chi connectivity index (χ0) is 23.7. The molecule has 4 aliphatic heterocycles. The van der Waals surface area contributed by atoms with E-state index in [2.05, 4.69) is 22.3 Å². The molecule has 4 atom stereocenters. The van der Waals surface area contributed by atoms with Crippen LogP contribution >= 0.6 is 23.4 Å². The van der Waals surface area contributed by atoms with Crippen molar-refractivity contribution < 1.29 is 19.1 Å². The van der Waals surface area contributed by atoms with Gasteiger partial charge in [0.25, 0.3) is 0 Å². The van der Waals surface area contributed by atoms with Gasteiger partial charge in [0.15, 0.2) is 17.3 Å². The van der Waals surface area contributed by atoms with Crippen molar-refractivity contribution in [3.05, 3.63) is 88.4 Å². The molecule has 3 aromatic rings. The Hall–Kier alpha value is -3.00. The number of nitrogens with one attached hydrogen (secondary N) is 1. The van der Waals surface area contributed by atoms with E-state index in [9.17, 15) is 9.59 Å². The highest BCUT2D eigenvalue weighted by molar-refractivity contribution is 7.99. The molecule has 1 spiro atoms. The summed E-state index contributed by atoms with van der Waals surface area (Å²) in [6.07, 6.45) is 0. The van der Waals surface area contributed by atoms with Crippen molar-refractivity contribution in [2.45, 2.75) is 17.5 Å². The molecule has 8 heteroatoms. The third-order valence-electron chi connectivity index (χ3n) is 7.71. The Morgan fingerprint density at radius 1 is 1.06 bits per heavy atom. The van der Waals surface area contributed by atoms with Crippen LogP contribution in [0.3, 0.4) is 0 Å². The Morgan fingerprint density at radius 2 is 1.89 bits per heavy atom. The molecule has 0 saturated carbocycles. The maximum atomic E-state index is 14.5. The molecular formula is C27H21ClN2O4S. The summed E-state index contributed by atoms with van der Waals surface area (Å²) < 4.78 is 11.0. The van der Waals surface area contributed by atoms with Gasteiger partial charge in [0.1, 0.15) is 5.54 Å². The highest BCUT2D eigenvalue weighted by Gasteiger charge is 2.69. The third-order valence-corrected chi connectivity index (χ3v) is 8.98. The molecule has 7 rings (SSSR count). The Kier molecular flexibility index (Phi) is 4.72. The van der Waals surface area contributed by atoms with E-state index in [0.717, 1.165) is 16.9 Å². The van der Waals surface area contributed by atoms with Crippen LogP contribution in [0.1, 0.15) is 27.4 Å². The lowest BCUT2D eigenvalue weighted by molar-refractivity contribution is -0.127. The quantitative estimate of drug-likeness (QED) is 0.512. The van der Waals surface area contributed by atoms with Crippen molar-refractivity contribution in [3.8, 4) is 11.5 Å². The van der Waals surface area contributed by atoms with Gasteiger partial charge in [0.05, 0.1) is 5.92 Å². The molecular weight excluding hydrogens is 484 g/mol. The number of thioether (sulfide) groups is 1. The van der Waals surface area contributed by atoms with Crippen LogP contribution in [0.5, 0.6) is 11.5 Å². The summed E-state index contributed by atoms with van der Waals surface area (Å²) in [5, 5.41) is 3.62. The molecule has 3 aromatic carbocycles. The number of amides is 1. The molecule has 0 unspecified atom stereocenters. The van der Waals surface area contributed by atoms with Gasteiger partial charge in [-0.2, -0.15) is 0 Å². The van der Waals surface area contributed by atoms with Crippen molar-refractivity contribution in [1.82, 2.24) is 4.90 Å². The number of ketones is 1. The number of carbonyl (C=O) groups is 2. The molecule has 176 valence electrons. The molecule has 0 radical (unpaired) electrons. The molecule has 4 heterocycles. The van der Waals surface area contributed by atoms with Crippen molar-refractivity contribution in [2.24, 2.45) is 5.92 Å². The van der Waals surface area contributed by atoms with Crippen LogP contribution in [0.2, 0.25) is 5.02 Å². The Bertz CT molecular complexity index is 1380. The summed E-state index contributed by atoms with van der Waals surface area (Å²) >= 11 is 8.26. The van der Waals surface area contributed by atoms with Gasteiger partial charge in [0, 0.05) is 45.4 Å². The lowest BCUT2D eigenvalue weighted by Gasteiger charge is -2.36. The maximum absolute atomic E-state index is 14.5. The molecule has 0 bridgehead atoms. The van der Waals surface area contributed by atoms with E-state index in [-0.39, 0.29) is 30.4 Å². The van der Waals surface area contributed by atoms with Crippen molar-refractivity contribution >= 4 is 40.7 Å². The molecule has 1 N–H and O–H groups in total. The highest BCUT2D eigenvalue weighted by Crippen LogP contribution is 2.61. The SMILES string of the molecule is O=C(c1ccc2c(c1)OCO2)[C@@H]1[C@H](c2ccccc2)[C@@H]2CSCN2[C@]12C(=O)Nc1ccc(Cl)cc12. The van der Waals surface area contributed by atoms with Gasteiger partial charge in [-0.15, -0.1) is 11.8 Å². The van der Waals surface area contributed by atoms with Gasteiger partial charge < -0.3 is 14.8 Å². The van der Waals surface area contributed by atoms with Gasteiger partial charge >= 0.3 is 0 Å². The standard InChI is InChI=1S/C27H21ClN2O4S/c28-17-7-8-19-18(11-17)27(26(32)29-19)24(25(31)16-6-9-21-22(10-16)34-14-33-21)23(15-4-2-1-3-5-15)20-12-35-13-30(20)27/h1-11,20,23-24H,12-14H2,(H,29,32)/t20-,23+,24-,27-/m0/s1. The first-order valence-electron chi connectivity index (χ1n) is 11.5. The molecule has 0 aliphatic carbocycles. The highest BCUT2D eigenvalue weighted by atomic mass is 35.5. The number of anilines is 1. The van der Waals surface area contributed by atoms with E-state index in [1.54, 1.807) is 36.0 Å². The van der Waals surface area contributed by atoms with E-state index in [0.29, 0.717) is 33.6 Å². The third kappa shape index (κ3) is 2.89. The van der Waals surface area contributed by atoms with E-state index < -0.39 is 11.5 Å².